The first-order valence-corrected chi connectivity index (χ1v) is 4.72. The quantitative estimate of drug-likeness (QED) is 0.498. The maximum absolute atomic E-state index is 9.76. The van der Waals surface area contributed by atoms with Crippen molar-refractivity contribution >= 4 is 5.97 Å². The van der Waals surface area contributed by atoms with Gasteiger partial charge in [-0.3, -0.25) is 4.79 Å². The highest BCUT2D eigenvalue weighted by molar-refractivity contribution is 5.66. The van der Waals surface area contributed by atoms with Gasteiger partial charge < -0.3 is 20.4 Å². The number of unbranched alkanes of at least 4 members (excludes halogenated alkanes) is 1. The zero-order chi connectivity index (χ0) is 11.6. The molecule has 0 bridgehead atoms. The Kier molecular flexibility index (Phi) is 10.1. The summed E-state index contributed by atoms with van der Waals surface area (Å²) in [5, 5.41) is 32.4. The standard InChI is InChI=1S/C5H10O2.C4H10O3/c1-2-3-4-5(6)7;1-2-3-4(5,6)7/h2-4H2,1H3,(H,6,7);5-7H,2-3H2,1H3. The van der Waals surface area contributed by atoms with E-state index in [1.165, 1.54) is 0 Å². The van der Waals surface area contributed by atoms with Crippen LogP contribution in [0, 0.1) is 0 Å². The van der Waals surface area contributed by atoms with Crippen LogP contribution < -0.4 is 0 Å². The van der Waals surface area contributed by atoms with Gasteiger partial charge in [0.15, 0.2) is 0 Å². The number of carboxylic acid groups (broad SMARTS) is 1. The Morgan fingerprint density at radius 1 is 1.14 bits per heavy atom. The number of carboxylic acids is 1. The molecule has 0 aliphatic heterocycles. The molecule has 86 valence electrons. The van der Waals surface area contributed by atoms with Gasteiger partial charge in [0.1, 0.15) is 0 Å². The minimum absolute atomic E-state index is 0.00694. The molecule has 0 rings (SSSR count). The summed E-state index contributed by atoms with van der Waals surface area (Å²) >= 11 is 0. The smallest absolute Gasteiger partial charge is 0.303 e. The predicted molar refractivity (Wildman–Crippen MR) is 51.5 cm³/mol. The van der Waals surface area contributed by atoms with Crippen LogP contribution in [0.15, 0.2) is 0 Å². The Hall–Kier alpha value is -0.650. The van der Waals surface area contributed by atoms with Gasteiger partial charge in [0.25, 0.3) is 5.97 Å². The van der Waals surface area contributed by atoms with Crippen molar-refractivity contribution in [2.24, 2.45) is 0 Å². The van der Waals surface area contributed by atoms with E-state index in [9.17, 15) is 4.79 Å². The van der Waals surface area contributed by atoms with Gasteiger partial charge in [-0.1, -0.05) is 20.3 Å². The molecule has 0 saturated carbocycles. The summed E-state index contributed by atoms with van der Waals surface area (Å²) in [7, 11) is 0. The minimum atomic E-state index is -2.45. The van der Waals surface area contributed by atoms with Crippen LogP contribution >= 0.6 is 0 Å². The van der Waals surface area contributed by atoms with Crippen LogP contribution in [0.3, 0.4) is 0 Å². The van der Waals surface area contributed by atoms with E-state index in [-0.39, 0.29) is 6.42 Å². The Bertz CT molecular complexity index is 139. The lowest BCUT2D eigenvalue weighted by atomic mass is 10.3. The molecular weight excluding hydrogens is 188 g/mol. The SMILES string of the molecule is CCCC(O)(O)O.CCCCC(=O)O. The molecule has 0 amide bonds. The minimum Gasteiger partial charge on any atom is -0.481 e. The molecule has 0 aliphatic carbocycles. The summed E-state index contributed by atoms with van der Waals surface area (Å²) in [5.41, 5.74) is 0. The number of hydrogen-bond donors (Lipinski definition) is 4. The van der Waals surface area contributed by atoms with Gasteiger partial charge in [-0.15, -0.1) is 0 Å². The van der Waals surface area contributed by atoms with Gasteiger partial charge in [-0.25, -0.2) is 0 Å². The molecule has 0 aromatic heterocycles. The van der Waals surface area contributed by atoms with Gasteiger partial charge in [0, 0.05) is 12.8 Å². The highest BCUT2D eigenvalue weighted by atomic mass is 16.7. The monoisotopic (exact) mass is 208 g/mol. The van der Waals surface area contributed by atoms with Crippen molar-refractivity contribution in [2.75, 3.05) is 0 Å². The van der Waals surface area contributed by atoms with Gasteiger partial charge in [0.05, 0.1) is 0 Å². The average Bonchev–Trinajstić information content (AvgIpc) is 1.99. The Morgan fingerprint density at radius 2 is 1.64 bits per heavy atom. The lowest BCUT2D eigenvalue weighted by Crippen LogP contribution is -2.26. The number of hydrogen-bond acceptors (Lipinski definition) is 4. The maximum atomic E-state index is 9.76. The molecule has 5 nitrogen and oxygen atoms in total. The third kappa shape index (κ3) is 22.5. The number of rotatable bonds is 5. The van der Waals surface area contributed by atoms with E-state index >= 15 is 0 Å². The van der Waals surface area contributed by atoms with Crippen LogP contribution in [0.5, 0.6) is 0 Å². The van der Waals surface area contributed by atoms with Crippen molar-refractivity contribution in [3.05, 3.63) is 0 Å². The summed E-state index contributed by atoms with van der Waals surface area (Å²) in [5.74, 6) is -3.14. The van der Waals surface area contributed by atoms with E-state index in [0.29, 0.717) is 12.8 Å². The van der Waals surface area contributed by atoms with Crippen LogP contribution in [0.25, 0.3) is 0 Å². The van der Waals surface area contributed by atoms with E-state index in [2.05, 4.69) is 0 Å². The van der Waals surface area contributed by atoms with Crippen molar-refractivity contribution in [1.29, 1.82) is 0 Å². The lowest BCUT2D eigenvalue weighted by Gasteiger charge is -2.10. The van der Waals surface area contributed by atoms with E-state index < -0.39 is 11.9 Å². The highest BCUT2D eigenvalue weighted by Gasteiger charge is 2.14. The molecule has 0 spiro atoms. The molecule has 0 aliphatic rings. The van der Waals surface area contributed by atoms with Crippen molar-refractivity contribution in [3.8, 4) is 0 Å². The molecule has 0 fully saturated rings. The Morgan fingerprint density at radius 3 is 1.71 bits per heavy atom. The molecule has 0 aromatic rings. The van der Waals surface area contributed by atoms with Crippen LogP contribution in [0.4, 0.5) is 0 Å². The third-order valence-electron chi connectivity index (χ3n) is 1.33. The molecule has 0 aromatic carbocycles. The van der Waals surface area contributed by atoms with Crippen LogP contribution in [0.1, 0.15) is 46.0 Å². The first-order chi connectivity index (χ1) is 6.33. The predicted octanol–water partition coefficient (Wildman–Crippen LogP) is 0.678. The first kappa shape index (κ1) is 15.8. The molecule has 0 radical (unpaired) electrons. The van der Waals surface area contributed by atoms with Crippen LogP contribution in [0.2, 0.25) is 0 Å². The fraction of sp³-hybridized carbons (Fsp3) is 0.889. The fourth-order valence-electron chi connectivity index (χ4n) is 0.663. The highest BCUT2D eigenvalue weighted by Crippen LogP contribution is 2.01. The second-order valence-corrected chi connectivity index (χ2v) is 3.02. The summed E-state index contributed by atoms with van der Waals surface area (Å²) in [6.45, 7) is 3.72. The fourth-order valence-corrected chi connectivity index (χ4v) is 0.663. The van der Waals surface area contributed by atoms with Crippen molar-refractivity contribution in [1.82, 2.24) is 0 Å². The maximum Gasteiger partial charge on any atom is 0.303 e. The Balaban J connectivity index is 0. The molecule has 0 heterocycles. The van der Waals surface area contributed by atoms with Crippen LogP contribution in [-0.4, -0.2) is 32.4 Å². The molecule has 5 heteroatoms. The average molecular weight is 208 g/mol. The Labute approximate surface area is 84.0 Å². The van der Waals surface area contributed by atoms with E-state index in [4.69, 9.17) is 20.4 Å². The molecule has 4 N–H and O–H groups in total. The van der Waals surface area contributed by atoms with Crippen LogP contribution in [-0.2, 0) is 4.79 Å². The second-order valence-electron chi connectivity index (χ2n) is 3.02. The van der Waals surface area contributed by atoms with Crippen molar-refractivity contribution in [2.45, 2.75) is 51.9 Å². The summed E-state index contributed by atoms with van der Waals surface area (Å²) in [4.78, 5) is 9.76. The van der Waals surface area contributed by atoms with Crippen molar-refractivity contribution in [3.63, 3.8) is 0 Å². The molecule has 14 heavy (non-hydrogen) atoms. The number of aliphatic carboxylic acids is 1. The van der Waals surface area contributed by atoms with Gasteiger partial charge in [0.2, 0.25) is 0 Å². The number of carbonyl (C=O) groups is 1. The van der Waals surface area contributed by atoms with E-state index in [1.807, 2.05) is 6.92 Å². The zero-order valence-electron chi connectivity index (χ0n) is 8.73. The number of aliphatic hydroxyl groups is 3. The summed E-state index contributed by atoms with van der Waals surface area (Å²) in [6, 6.07) is 0. The van der Waals surface area contributed by atoms with Gasteiger partial charge >= 0.3 is 5.97 Å². The van der Waals surface area contributed by atoms with E-state index in [0.717, 1.165) is 12.8 Å². The second kappa shape index (κ2) is 8.93. The molecular formula is C9H20O5. The third-order valence-corrected chi connectivity index (χ3v) is 1.33. The molecule has 0 saturated heterocycles. The summed E-state index contributed by atoms with van der Waals surface area (Å²) in [6.07, 6.45) is 2.65. The zero-order valence-corrected chi connectivity index (χ0v) is 8.73. The van der Waals surface area contributed by atoms with E-state index in [1.54, 1.807) is 6.92 Å². The van der Waals surface area contributed by atoms with Gasteiger partial charge in [-0.05, 0) is 12.8 Å². The normalized spacial score (nSPS) is 10.4. The lowest BCUT2D eigenvalue weighted by molar-refractivity contribution is -0.314. The van der Waals surface area contributed by atoms with Gasteiger partial charge in [-0.2, -0.15) is 0 Å². The topological polar surface area (TPSA) is 98.0 Å². The van der Waals surface area contributed by atoms with Crippen molar-refractivity contribution < 1.29 is 25.2 Å². The first-order valence-electron chi connectivity index (χ1n) is 4.72. The summed E-state index contributed by atoms with van der Waals surface area (Å²) < 4.78 is 0. The molecule has 0 unspecified atom stereocenters. The molecule has 0 atom stereocenters. The largest absolute Gasteiger partial charge is 0.481 e.